The molecule has 0 radical (unpaired) electrons. The second kappa shape index (κ2) is 9.28. The van der Waals surface area contributed by atoms with Gasteiger partial charge in [0.25, 0.3) is 0 Å². The molecule has 0 saturated carbocycles. The molecule has 120 valence electrons. The minimum Gasteiger partial charge on any atom is -0.345 e. The summed E-state index contributed by atoms with van der Waals surface area (Å²) >= 11 is 1.37. The van der Waals surface area contributed by atoms with E-state index in [0.29, 0.717) is 30.2 Å². The molecule has 0 aliphatic rings. The molecule has 0 atom stereocenters. The van der Waals surface area contributed by atoms with Crippen LogP contribution >= 0.6 is 24.2 Å². The number of rotatable bonds is 7. The molecule has 1 amide bonds. The summed E-state index contributed by atoms with van der Waals surface area (Å²) in [6, 6.07) is 6.61. The van der Waals surface area contributed by atoms with E-state index in [-0.39, 0.29) is 29.5 Å². The lowest BCUT2D eigenvalue weighted by Crippen LogP contribution is -2.39. The van der Waals surface area contributed by atoms with Crippen LogP contribution in [0.25, 0.3) is 0 Å². The summed E-state index contributed by atoms with van der Waals surface area (Å²) in [5.74, 6) is 0.408. The van der Waals surface area contributed by atoms with Crippen molar-refractivity contribution in [1.82, 2.24) is 4.90 Å². The third kappa shape index (κ3) is 7.16. The highest BCUT2D eigenvalue weighted by Gasteiger charge is 2.20. The average molecular weight is 335 g/mol. The summed E-state index contributed by atoms with van der Waals surface area (Å²) in [4.78, 5) is 14.3. The first-order valence-corrected chi connectivity index (χ1v) is 7.65. The lowest BCUT2D eigenvalue weighted by Gasteiger charge is -2.29. The molecule has 21 heavy (non-hydrogen) atoms. The van der Waals surface area contributed by atoms with Crippen LogP contribution in [0.2, 0.25) is 0 Å². The zero-order valence-electron chi connectivity index (χ0n) is 12.8. The predicted molar refractivity (Wildman–Crippen MR) is 89.5 cm³/mol. The Labute approximate surface area is 136 Å². The topological polar surface area (TPSA) is 46.3 Å². The van der Waals surface area contributed by atoms with Crippen LogP contribution in [0.4, 0.5) is 4.39 Å². The fraction of sp³-hybridized carbons (Fsp3) is 0.533. The highest BCUT2D eigenvalue weighted by Crippen LogP contribution is 2.22. The molecule has 0 saturated heterocycles. The molecule has 0 aliphatic carbocycles. The second-order valence-electron chi connectivity index (χ2n) is 5.65. The van der Waals surface area contributed by atoms with Crippen molar-refractivity contribution in [3.8, 4) is 0 Å². The number of carbonyl (C=O) groups excluding carboxylic acids is 1. The number of hydrogen-bond acceptors (Lipinski definition) is 3. The molecule has 0 aliphatic heterocycles. The van der Waals surface area contributed by atoms with E-state index in [9.17, 15) is 9.18 Å². The van der Waals surface area contributed by atoms with Crippen molar-refractivity contribution in [3.05, 3.63) is 30.1 Å². The summed E-state index contributed by atoms with van der Waals surface area (Å²) in [7, 11) is 1.79. The fourth-order valence-corrected chi connectivity index (χ4v) is 2.67. The second-order valence-corrected chi connectivity index (χ2v) is 6.78. The first kappa shape index (κ1) is 20.2. The van der Waals surface area contributed by atoms with Crippen molar-refractivity contribution in [3.63, 3.8) is 0 Å². The third-order valence-corrected chi connectivity index (χ3v) is 4.10. The smallest absolute Gasteiger partial charge is 0.223 e. The van der Waals surface area contributed by atoms with Crippen LogP contribution in [0.3, 0.4) is 0 Å². The highest BCUT2D eigenvalue weighted by atomic mass is 35.5. The molecule has 3 nitrogen and oxygen atoms in total. The van der Waals surface area contributed by atoms with Crippen molar-refractivity contribution in [2.75, 3.05) is 25.9 Å². The number of thioether (sulfide) groups is 1. The van der Waals surface area contributed by atoms with Crippen LogP contribution in [0.1, 0.15) is 20.3 Å². The van der Waals surface area contributed by atoms with Crippen LogP contribution in [0.5, 0.6) is 0 Å². The maximum atomic E-state index is 13.4. The van der Waals surface area contributed by atoms with Gasteiger partial charge in [-0.3, -0.25) is 4.79 Å². The number of amides is 1. The number of nitrogens with two attached hydrogens (primary N) is 1. The summed E-state index contributed by atoms with van der Waals surface area (Å²) in [5.41, 5.74) is 5.58. The van der Waals surface area contributed by atoms with Gasteiger partial charge in [-0.05, 0) is 24.1 Å². The molecule has 0 bridgehead atoms. The van der Waals surface area contributed by atoms with Crippen LogP contribution in [0, 0.1) is 11.2 Å². The first-order chi connectivity index (χ1) is 9.35. The molecule has 2 N–H and O–H groups in total. The third-order valence-electron chi connectivity index (χ3n) is 3.05. The van der Waals surface area contributed by atoms with Crippen molar-refractivity contribution in [1.29, 1.82) is 0 Å². The Balaban J connectivity index is 0.00000400. The van der Waals surface area contributed by atoms with E-state index in [1.807, 2.05) is 13.8 Å². The largest absolute Gasteiger partial charge is 0.345 e. The zero-order chi connectivity index (χ0) is 15.2. The van der Waals surface area contributed by atoms with Gasteiger partial charge in [-0.25, -0.2) is 4.39 Å². The Kier molecular flexibility index (Phi) is 8.94. The maximum Gasteiger partial charge on any atom is 0.223 e. The van der Waals surface area contributed by atoms with Crippen LogP contribution in [0.15, 0.2) is 29.2 Å². The molecule has 1 aromatic rings. The van der Waals surface area contributed by atoms with Gasteiger partial charge in [-0.15, -0.1) is 24.2 Å². The zero-order valence-corrected chi connectivity index (χ0v) is 14.4. The Bertz CT molecular complexity index is 457. The van der Waals surface area contributed by atoms with Crippen molar-refractivity contribution >= 4 is 30.1 Å². The lowest BCUT2D eigenvalue weighted by molar-refractivity contribution is -0.130. The summed E-state index contributed by atoms with van der Waals surface area (Å²) < 4.78 is 13.4. The number of benzene rings is 1. The summed E-state index contributed by atoms with van der Waals surface area (Å²) in [6.45, 7) is 5.23. The van der Waals surface area contributed by atoms with Gasteiger partial charge < -0.3 is 10.6 Å². The Morgan fingerprint density at radius 2 is 2.00 bits per heavy atom. The molecular formula is C15H24ClFN2OS. The monoisotopic (exact) mass is 334 g/mol. The van der Waals surface area contributed by atoms with Crippen molar-refractivity contribution in [2.24, 2.45) is 11.1 Å². The molecular weight excluding hydrogens is 311 g/mol. The summed E-state index contributed by atoms with van der Waals surface area (Å²) in [5, 5.41) is 0. The molecule has 6 heteroatoms. The van der Waals surface area contributed by atoms with Crippen LogP contribution < -0.4 is 5.73 Å². The minimum absolute atomic E-state index is 0. The molecule has 1 rings (SSSR count). The first-order valence-electron chi connectivity index (χ1n) is 6.67. The van der Waals surface area contributed by atoms with Crippen molar-refractivity contribution in [2.45, 2.75) is 25.2 Å². The van der Waals surface area contributed by atoms with E-state index in [1.165, 1.54) is 17.8 Å². The van der Waals surface area contributed by atoms with Gasteiger partial charge in [0.15, 0.2) is 0 Å². The van der Waals surface area contributed by atoms with Crippen LogP contribution in [-0.4, -0.2) is 36.7 Å². The van der Waals surface area contributed by atoms with Gasteiger partial charge in [0.1, 0.15) is 5.82 Å². The molecule has 0 unspecified atom stereocenters. The molecule has 0 fully saturated rings. The SMILES string of the molecule is CN(CC(C)(C)CN)C(=O)CCSc1ccccc1F.Cl. The quantitative estimate of drug-likeness (QED) is 0.779. The molecule has 1 aromatic carbocycles. The van der Waals surface area contributed by atoms with E-state index < -0.39 is 0 Å². The van der Waals surface area contributed by atoms with Gasteiger partial charge in [0, 0.05) is 30.7 Å². The van der Waals surface area contributed by atoms with Crippen LogP contribution in [-0.2, 0) is 4.79 Å². The standard InChI is InChI=1S/C15H23FN2OS.ClH/c1-15(2,10-17)11-18(3)14(19)8-9-20-13-7-5-4-6-12(13)16;/h4-7H,8-11,17H2,1-3H3;1H. The minimum atomic E-state index is -0.234. The van der Waals surface area contributed by atoms with Gasteiger partial charge in [-0.1, -0.05) is 26.0 Å². The Hall–Kier alpha value is -0.780. The Morgan fingerprint density at radius 3 is 2.57 bits per heavy atom. The van der Waals surface area contributed by atoms with E-state index in [1.54, 1.807) is 30.1 Å². The summed E-state index contributed by atoms with van der Waals surface area (Å²) in [6.07, 6.45) is 0.399. The van der Waals surface area contributed by atoms with E-state index in [0.717, 1.165) is 0 Å². The van der Waals surface area contributed by atoms with Gasteiger partial charge >= 0.3 is 0 Å². The fourth-order valence-electron chi connectivity index (χ4n) is 1.80. The Morgan fingerprint density at radius 1 is 1.38 bits per heavy atom. The van der Waals surface area contributed by atoms with Crippen molar-refractivity contribution < 1.29 is 9.18 Å². The maximum absolute atomic E-state index is 13.4. The number of carbonyl (C=O) groups is 1. The van der Waals surface area contributed by atoms with E-state index >= 15 is 0 Å². The molecule has 0 heterocycles. The molecule has 0 spiro atoms. The van der Waals surface area contributed by atoms with Gasteiger partial charge in [0.2, 0.25) is 5.91 Å². The lowest BCUT2D eigenvalue weighted by atomic mass is 9.93. The van der Waals surface area contributed by atoms with Gasteiger partial charge in [0.05, 0.1) is 0 Å². The molecule has 0 aromatic heterocycles. The van der Waals surface area contributed by atoms with Gasteiger partial charge in [-0.2, -0.15) is 0 Å². The van der Waals surface area contributed by atoms with E-state index in [2.05, 4.69) is 0 Å². The predicted octanol–water partition coefficient (Wildman–Crippen LogP) is 3.17. The number of hydrogen-bond donors (Lipinski definition) is 1. The normalized spacial score (nSPS) is 10.9. The highest BCUT2D eigenvalue weighted by molar-refractivity contribution is 7.99. The number of nitrogens with zero attached hydrogens (tertiary/aromatic N) is 1. The number of halogens is 2. The van der Waals surface area contributed by atoms with E-state index in [4.69, 9.17) is 5.73 Å². The average Bonchev–Trinajstić information content (AvgIpc) is 2.40.